The van der Waals surface area contributed by atoms with Gasteiger partial charge in [-0.1, -0.05) is 30.3 Å². The number of ether oxygens (including phenoxy) is 1. The van der Waals surface area contributed by atoms with Crippen LogP contribution >= 0.6 is 24.8 Å². The van der Waals surface area contributed by atoms with Gasteiger partial charge in [0, 0.05) is 16.7 Å². The monoisotopic (exact) mass is 432 g/mol. The molecule has 1 aromatic heterocycles. The lowest BCUT2D eigenvalue weighted by molar-refractivity contribution is 0.415. The number of methoxy groups -OCH3 is 1. The van der Waals surface area contributed by atoms with E-state index in [-0.39, 0.29) is 30.6 Å². The van der Waals surface area contributed by atoms with Gasteiger partial charge in [0.1, 0.15) is 11.6 Å². The number of amidine groups is 1. The SMILES string of the molecule is COc1cccc(-c2cn(/N=C3\CCc4c(C(=N)N)cccc43)c(N)n2)c1.Cl.Cl. The van der Waals surface area contributed by atoms with Crippen molar-refractivity contribution in [1.82, 2.24) is 9.66 Å². The van der Waals surface area contributed by atoms with Gasteiger partial charge in [-0.05, 0) is 30.5 Å². The van der Waals surface area contributed by atoms with E-state index >= 15 is 0 Å². The Balaban J connectivity index is 0.00000150. The van der Waals surface area contributed by atoms with Gasteiger partial charge >= 0.3 is 0 Å². The van der Waals surface area contributed by atoms with Crippen molar-refractivity contribution < 1.29 is 4.74 Å². The van der Waals surface area contributed by atoms with Crippen LogP contribution in [0.1, 0.15) is 23.1 Å². The minimum atomic E-state index is 0. The van der Waals surface area contributed by atoms with Gasteiger partial charge in [-0.3, -0.25) is 5.41 Å². The topological polar surface area (TPSA) is 115 Å². The van der Waals surface area contributed by atoms with Gasteiger partial charge in [0.15, 0.2) is 0 Å². The standard InChI is InChI=1S/C20H20N6O.2ClH/c1-27-13-5-2-4-12(10-13)18-11-26(20(23)24-18)25-17-9-8-14-15(17)6-3-7-16(14)19(21)22;;/h2-7,10-11H,8-9H2,1H3,(H3,21,22)(H2,23,24);2*1H/b25-17+;;. The molecule has 1 aliphatic rings. The van der Waals surface area contributed by atoms with Gasteiger partial charge in [-0.15, -0.1) is 24.8 Å². The molecule has 0 atom stereocenters. The number of benzene rings is 2. The van der Waals surface area contributed by atoms with Crippen molar-refractivity contribution in [3.8, 4) is 17.0 Å². The molecule has 0 fully saturated rings. The van der Waals surface area contributed by atoms with Gasteiger partial charge < -0.3 is 16.2 Å². The number of rotatable bonds is 4. The lowest BCUT2D eigenvalue weighted by Gasteiger charge is -2.06. The Kier molecular flexibility index (Phi) is 6.89. The first kappa shape index (κ1) is 22.3. The molecule has 0 bridgehead atoms. The number of hydrogen-bond donors (Lipinski definition) is 3. The van der Waals surface area contributed by atoms with E-state index in [4.69, 9.17) is 26.7 Å². The highest BCUT2D eigenvalue weighted by atomic mass is 35.5. The summed E-state index contributed by atoms with van der Waals surface area (Å²) >= 11 is 0. The van der Waals surface area contributed by atoms with Gasteiger partial charge in [0.25, 0.3) is 0 Å². The van der Waals surface area contributed by atoms with Crippen LogP contribution in [0, 0.1) is 5.41 Å². The predicted octanol–water partition coefficient (Wildman–Crippen LogP) is 3.47. The molecule has 0 saturated carbocycles. The lowest BCUT2D eigenvalue weighted by Crippen LogP contribution is -2.13. The van der Waals surface area contributed by atoms with Gasteiger partial charge in [-0.2, -0.15) is 5.10 Å². The van der Waals surface area contributed by atoms with Crippen LogP contribution < -0.4 is 16.2 Å². The summed E-state index contributed by atoms with van der Waals surface area (Å²) in [5.41, 5.74) is 17.2. The van der Waals surface area contributed by atoms with Crippen molar-refractivity contribution in [2.75, 3.05) is 12.8 Å². The molecule has 0 unspecified atom stereocenters. The highest BCUT2D eigenvalue weighted by molar-refractivity contribution is 6.08. The third-order valence-corrected chi connectivity index (χ3v) is 4.70. The number of anilines is 1. The van der Waals surface area contributed by atoms with E-state index in [0.717, 1.165) is 52.3 Å². The van der Waals surface area contributed by atoms with Crippen molar-refractivity contribution in [2.45, 2.75) is 12.8 Å². The molecule has 7 nitrogen and oxygen atoms in total. The molecular weight excluding hydrogens is 411 g/mol. The second-order valence-electron chi connectivity index (χ2n) is 6.35. The van der Waals surface area contributed by atoms with Crippen LogP contribution in [0.3, 0.4) is 0 Å². The smallest absolute Gasteiger partial charge is 0.221 e. The Bertz CT molecular complexity index is 1080. The average molecular weight is 433 g/mol. The molecular formula is C20H22Cl2N6O. The van der Waals surface area contributed by atoms with Crippen LogP contribution in [0.5, 0.6) is 5.75 Å². The van der Waals surface area contributed by atoms with Crippen LogP contribution in [0.15, 0.2) is 53.8 Å². The lowest BCUT2D eigenvalue weighted by atomic mass is 10.0. The first-order valence-electron chi connectivity index (χ1n) is 8.60. The minimum absolute atomic E-state index is 0. The van der Waals surface area contributed by atoms with Gasteiger partial charge in [0.2, 0.25) is 5.95 Å². The maximum Gasteiger partial charge on any atom is 0.221 e. The quantitative estimate of drug-likeness (QED) is 0.432. The number of halogens is 2. The van der Waals surface area contributed by atoms with E-state index in [9.17, 15) is 0 Å². The molecule has 5 N–H and O–H groups in total. The molecule has 1 heterocycles. The first-order chi connectivity index (χ1) is 13.1. The van der Waals surface area contributed by atoms with Gasteiger partial charge in [-0.25, -0.2) is 9.66 Å². The van der Waals surface area contributed by atoms with Gasteiger partial charge in [0.05, 0.1) is 24.7 Å². The Labute approximate surface area is 181 Å². The Morgan fingerprint density at radius 2 is 1.93 bits per heavy atom. The summed E-state index contributed by atoms with van der Waals surface area (Å²) in [5, 5.41) is 12.4. The molecule has 0 radical (unpaired) electrons. The zero-order valence-corrected chi connectivity index (χ0v) is 17.4. The zero-order chi connectivity index (χ0) is 19.0. The molecule has 0 spiro atoms. The minimum Gasteiger partial charge on any atom is -0.497 e. The van der Waals surface area contributed by atoms with Crippen LogP contribution in [0.25, 0.3) is 11.3 Å². The van der Waals surface area contributed by atoms with Crippen molar-refractivity contribution in [1.29, 1.82) is 5.41 Å². The number of imidazole rings is 1. The normalized spacial score (nSPS) is 13.3. The molecule has 3 aromatic rings. The second-order valence-corrected chi connectivity index (χ2v) is 6.35. The summed E-state index contributed by atoms with van der Waals surface area (Å²) in [7, 11) is 1.63. The summed E-state index contributed by atoms with van der Waals surface area (Å²) in [5.74, 6) is 1.15. The van der Waals surface area contributed by atoms with E-state index in [1.54, 1.807) is 11.8 Å². The summed E-state index contributed by atoms with van der Waals surface area (Å²) in [6.45, 7) is 0. The highest BCUT2D eigenvalue weighted by Gasteiger charge is 2.22. The molecule has 0 aliphatic heterocycles. The van der Waals surface area contributed by atoms with Crippen LogP contribution in [-0.4, -0.2) is 28.3 Å². The van der Waals surface area contributed by atoms with Crippen molar-refractivity contribution in [2.24, 2.45) is 10.8 Å². The molecule has 2 aromatic carbocycles. The van der Waals surface area contributed by atoms with Crippen LogP contribution in [0.2, 0.25) is 0 Å². The number of nitrogen functional groups attached to an aromatic ring is 2. The summed E-state index contributed by atoms with van der Waals surface area (Å²) < 4.78 is 6.87. The zero-order valence-electron chi connectivity index (χ0n) is 15.8. The Morgan fingerprint density at radius 1 is 1.17 bits per heavy atom. The van der Waals surface area contributed by atoms with Crippen molar-refractivity contribution >= 4 is 42.3 Å². The molecule has 4 rings (SSSR count). The maximum atomic E-state index is 7.75. The van der Waals surface area contributed by atoms with E-state index < -0.39 is 0 Å². The van der Waals surface area contributed by atoms with Crippen molar-refractivity contribution in [3.63, 3.8) is 0 Å². The highest BCUT2D eigenvalue weighted by Crippen LogP contribution is 2.28. The van der Waals surface area contributed by atoms with E-state index in [1.807, 2.05) is 48.7 Å². The fourth-order valence-corrected chi connectivity index (χ4v) is 3.38. The van der Waals surface area contributed by atoms with E-state index in [2.05, 4.69) is 4.98 Å². The number of aromatic nitrogens is 2. The molecule has 0 amide bonds. The summed E-state index contributed by atoms with van der Waals surface area (Å²) in [6, 6.07) is 13.4. The number of hydrogen-bond acceptors (Lipinski definition) is 5. The number of nitrogens with two attached hydrogens (primary N) is 2. The largest absolute Gasteiger partial charge is 0.497 e. The fraction of sp³-hybridized carbons (Fsp3) is 0.150. The molecule has 0 saturated heterocycles. The molecule has 29 heavy (non-hydrogen) atoms. The molecule has 9 heteroatoms. The van der Waals surface area contributed by atoms with Crippen LogP contribution in [0.4, 0.5) is 5.95 Å². The molecule has 152 valence electrons. The number of fused-ring (bicyclic) bond motifs is 1. The summed E-state index contributed by atoms with van der Waals surface area (Å²) in [6.07, 6.45) is 3.39. The fourth-order valence-electron chi connectivity index (χ4n) is 3.38. The van der Waals surface area contributed by atoms with E-state index in [0.29, 0.717) is 5.95 Å². The Hall–Kier alpha value is -3.03. The number of nitrogens with one attached hydrogen (secondary N) is 1. The maximum absolute atomic E-state index is 7.75. The predicted molar refractivity (Wildman–Crippen MR) is 121 cm³/mol. The third-order valence-electron chi connectivity index (χ3n) is 4.70. The van der Waals surface area contributed by atoms with E-state index in [1.165, 1.54) is 0 Å². The Morgan fingerprint density at radius 3 is 2.66 bits per heavy atom. The average Bonchev–Trinajstić information content (AvgIpc) is 3.26. The number of nitrogens with zero attached hydrogens (tertiary/aromatic N) is 3. The van der Waals surface area contributed by atoms with Crippen molar-refractivity contribution in [3.05, 3.63) is 65.4 Å². The third kappa shape index (κ3) is 4.21. The van der Waals surface area contributed by atoms with Crippen LogP contribution in [-0.2, 0) is 6.42 Å². The molecule has 1 aliphatic carbocycles. The second kappa shape index (κ2) is 8.98. The first-order valence-corrected chi connectivity index (χ1v) is 8.60. The summed E-state index contributed by atoms with van der Waals surface area (Å²) in [4.78, 5) is 4.42.